The monoisotopic (exact) mass is 257 g/mol. The fraction of sp³-hybridized carbons (Fsp3) is 0.417. The summed E-state index contributed by atoms with van der Waals surface area (Å²) in [4.78, 5) is 11.5. The van der Waals surface area contributed by atoms with Gasteiger partial charge >= 0.3 is 5.97 Å². The minimum Gasteiger partial charge on any atom is -0.496 e. The molecule has 0 aromatic heterocycles. The van der Waals surface area contributed by atoms with Crippen molar-refractivity contribution in [2.75, 3.05) is 26.1 Å². The molecule has 0 bridgehead atoms. The molecule has 0 aliphatic carbocycles. The summed E-state index contributed by atoms with van der Waals surface area (Å²) in [6.07, 6.45) is 0.984. The van der Waals surface area contributed by atoms with Crippen LogP contribution in [0.1, 0.15) is 23.7 Å². The van der Waals surface area contributed by atoms with Crippen molar-refractivity contribution < 1.29 is 14.3 Å². The first kappa shape index (κ1) is 13.6. The van der Waals surface area contributed by atoms with Gasteiger partial charge in [-0.05, 0) is 12.5 Å². The lowest BCUT2D eigenvalue weighted by Gasteiger charge is -2.12. The highest BCUT2D eigenvalue weighted by molar-refractivity contribution is 6.33. The van der Waals surface area contributed by atoms with Crippen LogP contribution in [0.3, 0.4) is 0 Å². The number of benzene rings is 1. The summed E-state index contributed by atoms with van der Waals surface area (Å²) in [6.45, 7) is 2.86. The van der Waals surface area contributed by atoms with Crippen LogP contribution in [0.4, 0.5) is 5.69 Å². The Morgan fingerprint density at radius 3 is 2.65 bits per heavy atom. The molecular weight excluding hydrogens is 242 g/mol. The third-order valence-electron chi connectivity index (χ3n) is 2.26. The summed E-state index contributed by atoms with van der Waals surface area (Å²) in [5.41, 5.74) is 1.07. The van der Waals surface area contributed by atoms with Crippen molar-refractivity contribution in [3.8, 4) is 5.75 Å². The van der Waals surface area contributed by atoms with Crippen molar-refractivity contribution >= 4 is 23.3 Å². The standard InChI is InChI=1S/C12H16ClNO3/c1-4-5-14-10-7-11(16-2)8(6-9(10)13)12(15)17-3/h6-7,14H,4-5H2,1-3H3. The van der Waals surface area contributed by atoms with Gasteiger partial charge in [0.15, 0.2) is 0 Å². The molecule has 0 amide bonds. The predicted molar refractivity (Wildman–Crippen MR) is 68.1 cm³/mol. The number of methoxy groups -OCH3 is 2. The van der Waals surface area contributed by atoms with Crippen LogP contribution in [-0.4, -0.2) is 26.7 Å². The molecule has 0 radical (unpaired) electrons. The number of hydrogen-bond acceptors (Lipinski definition) is 4. The van der Waals surface area contributed by atoms with Gasteiger partial charge in [0.25, 0.3) is 0 Å². The van der Waals surface area contributed by atoms with E-state index in [0.29, 0.717) is 16.3 Å². The van der Waals surface area contributed by atoms with E-state index in [1.165, 1.54) is 14.2 Å². The van der Waals surface area contributed by atoms with Crippen LogP contribution in [0.2, 0.25) is 5.02 Å². The van der Waals surface area contributed by atoms with Gasteiger partial charge in [0.2, 0.25) is 0 Å². The quantitative estimate of drug-likeness (QED) is 0.824. The number of carbonyl (C=O) groups excluding carboxylic acids is 1. The molecule has 0 atom stereocenters. The van der Waals surface area contributed by atoms with Gasteiger partial charge in [-0.1, -0.05) is 18.5 Å². The molecule has 94 valence electrons. The summed E-state index contributed by atoms with van der Waals surface area (Å²) >= 11 is 6.07. The molecule has 4 nitrogen and oxygen atoms in total. The Balaban J connectivity index is 3.10. The molecule has 1 aromatic rings. The van der Waals surface area contributed by atoms with Crippen molar-refractivity contribution in [1.82, 2.24) is 0 Å². The maximum atomic E-state index is 11.5. The summed E-state index contributed by atoms with van der Waals surface area (Å²) in [6, 6.07) is 3.24. The summed E-state index contributed by atoms with van der Waals surface area (Å²) in [5, 5.41) is 3.63. The van der Waals surface area contributed by atoms with Gasteiger partial charge in [0, 0.05) is 12.6 Å². The van der Waals surface area contributed by atoms with Crippen LogP contribution >= 0.6 is 11.6 Å². The molecular formula is C12H16ClNO3. The van der Waals surface area contributed by atoms with Crippen LogP contribution in [0.25, 0.3) is 0 Å². The summed E-state index contributed by atoms with van der Waals surface area (Å²) in [7, 11) is 2.82. The highest BCUT2D eigenvalue weighted by atomic mass is 35.5. The molecule has 0 spiro atoms. The lowest BCUT2D eigenvalue weighted by molar-refractivity contribution is 0.0597. The number of anilines is 1. The Kier molecular flexibility index (Phi) is 5.10. The number of nitrogens with one attached hydrogen (secondary N) is 1. The fourth-order valence-electron chi connectivity index (χ4n) is 1.39. The van der Waals surface area contributed by atoms with Crippen molar-refractivity contribution in [3.63, 3.8) is 0 Å². The molecule has 1 rings (SSSR count). The van der Waals surface area contributed by atoms with E-state index >= 15 is 0 Å². The Hall–Kier alpha value is -1.42. The van der Waals surface area contributed by atoms with E-state index in [2.05, 4.69) is 17.0 Å². The highest BCUT2D eigenvalue weighted by Gasteiger charge is 2.15. The normalized spacial score (nSPS) is 9.88. The molecule has 1 aromatic carbocycles. The molecule has 5 heteroatoms. The highest BCUT2D eigenvalue weighted by Crippen LogP contribution is 2.31. The lowest BCUT2D eigenvalue weighted by Crippen LogP contribution is -2.06. The first-order valence-electron chi connectivity index (χ1n) is 5.33. The number of rotatable bonds is 5. The topological polar surface area (TPSA) is 47.6 Å². The van der Waals surface area contributed by atoms with Gasteiger partial charge in [-0.2, -0.15) is 0 Å². The maximum absolute atomic E-state index is 11.5. The predicted octanol–water partition coefficient (Wildman–Crippen LogP) is 2.96. The van der Waals surface area contributed by atoms with E-state index in [4.69, 9.17) is 16.3 Å². The number of carbonyl (C=O) groups is 1. The van der Waals surface area contributed by atoms with E-state index in [0.717, 1.165) is 18.7 Å². The Morgan fingerprint density at radius 1 is 1.41 bits per heavy atom. The van der Waals surface area contributed by atoms with Gasteiger partial charge in [0.05, 0.1) is 24.9 Å². The summed E-state index contributed by atoms with van der Waals surface area (Å²) in [5.74, 6) is -0.0226. The molecule has 0 saturated heterocycles. The average Bonchev–Trinajstić information content (AvgIpc) is 2.36. The second kappa shape index (κ2) is 6.35. The van der Waals surface area contributed by atoms with Gasteiger partial charge in [0.1, 0.15) is 11.3 Å². The van der Waals surface area contributed by atoms with Gasteiger partial charge in [-0.25, -0.2) is 4.79 Å². The Morgan fingerprint density at radius 2 is 2.12 bits per heavy atom. The van der Waals surface area contributed by atoms with Crippen LogP contribution in [0.15, 0.2) is 12.1 Å². The first-order chi connectivity index (χ1) is 8.13. The Bertz CT molecular complexity index is 407. The van der Waals surface area contributed by atoms with Gasteiger partial charge in [-0.3, -0.25) is 0 Å². The smallest absolute Gasteiger partial charge is 0.341 e. The van der Waals surface area contributed by atoms with Crippen LogP contribution in [-0.2, 0) is 4.74 Å². The van der Waals surface area contributed by atoms with Gasteiger partial charge in [-0.15, -0.1) is 0 Å². The second-order valence-electron chi connectivity index (χ2n) is 3.45. The molecule has 0 aliphatic heterocycles. The van der Waals surface area contributed by atoms with E-state index in [-0.39, 0.29) is 0 Å². The zero-order valence-corrected chi connectivity index (χ0v) is 10.9. The SMILES string of the molecule is CCCNc1cc(OC)c(C(=O)OC)cc1Cl. The van der Waals surface area contributed by atoms with Gasteiger partial charge < -0.3 is 14.8 Å². The minimum atomic E-state index is -0.467. The molecule has 0 aliphatic rings. The zero-order chi connectivity index (χ0) is 12.8. The molecule has 0 saturated carbocycles. The first-order valence-corrected chi connectivity index (χ1v) is 5.71. The van der Waals surface area contributed by atoms with Crippen molar-refractivity contribution in [2.24, 2.45) is 0 Å². The van der Waals surface area contributed by atoms with Crippen molar-refractivity contribution in [3.05, 3.63) is 22.7 Å². The molecule has 17 heavy (non-hydrogen) atoms. The second-order valence-corrected chi connectivity index (χ2v) is 3.86. The number of ether oxygens (including phenoxy) is 2. The average molecular weight is 258 g/mol. The van der Waals surface area contributed by atoms with E-state index < -0.39 is 5.97 Å². The molecule has 0 fully saturated rings. The van der Waals surface area contributed by atoms with E-state index in [1.807, 2.05) is 0 Å². The summed E-state index contributed by atoms with van der Waals surface area (Å²) < 4.78 is 9.80. The van der Waals surface area contributed by atoms with E-state index in [9.17, 15) is 4.79 Å². The number of hydrogen-bond donors (Lipinski definition) is 1. The van der Waals surface area contributed by atoms with Crippen LogP contribution in [0, 0.1) is 0 Å². The number of halogens is 1. The third-order valence-corrected chi connectivity index (χ3v) is 2.57. The molecule has 1 N–H and O–H groups in total. The number of esters is 1. The maximum Gasteiger partial charge on any atom is 0.341 e. The van der Waals surface area contributed by atoms with Crippen LogP contribution in [0.5, 0.6) is 5.75 Å². The molecule has 0 heterocycles. The third kappa shape index (κ3) is 3.27. The lowest BCUT2D eigenvalue weighted by atomic mass is 10.1. The molecule has 0 unspecified atom stereocenters. The van der Waals surface area contributed by atoms with Crippen LogP contribution < -0.4 is 10.1 Å². The zero-order valence-electron chi connectivity index (χ0n) is 10.2. The fourth-order valence-corrected chi connectivity index (χ4v) is 1.62. The minimum absolute atomic E-state index is 0.321. The largest absolute Gasteiger partial charge is 0.496 e. The van der Waals surface area contributed by atoms with Crippen molar-refractivity contribution in [2.45, 2.75) is 13.3 Å². The van der Waals surface area contributed by atoms with E-state index in [1.54, 1.807) is 12.1 Å². The Labute approximate surface area is 106 Å². The van der Waals surface area contributed by atoms with Crippen molar-refractivity contribution in [1.29, 1.82) is 0 Å².